The first-order valence-electron chi connectivity index (χ1n) is 5.77. The molecule has 1 rings (SSSR count). The van der Waals surface area contributed by atoms with Crippen LogP contribution in [0.5, 0.6) is 0 Å². The maximum Gasteiger partial charge on any atom is 0.223 e. The van der Waals surface area contributed by atoms with Crippen LogP contribution in [0.15, 0.2) is 9.98 Å². The molecule has 3 N–H and O–H groups in total. The summed E-state index contributed by atoms with van der Waals surface area (Å²) in [6.45, 7) is 2.86. The number of nitrogens with zero attached hydrogens (tertiary/aromatic N) is 4. The highest BCUT2D eigenvalue weighted by Gasteiger charge is 2.27. The van der Waals surface area contributed by atoms with Crippen LogP contribution in [-0.2, 0) is 4.84 Å². The van der Waals surface area contributed by atoms with Crippen LogP contribution in [-0.4, -0.2) is 48.9 Å². The van der Waals surface area contributed by atoms with Crippen molar-refractivity contribution < 1.29 is 4.84 Å². The van der Waals surface area contributed by atoms with E-state index in [9.17, 15) is 0 Å². The van der Waals surface area contributed by atoms with Crippen molar-refractivity contribution in [3.05, 3.63) is 0 Å². The van der Waals surface area contributed by atoms with Gasteiger partial charge in [0.05, 0.1) is 13.5 Å². The molecule has 1 heterocycles. The van der Waals surface area contributed by atoms with E-state index in [1.807, 2.05) is 0 Å². The summed E-state index contributed by atoms with van der Waals surface area (Å²) in [5.41, 5.74) is 0. The Balaban J connectivity index is 2.90. The third kappa shape index (κ3) is 3.43. The summed E-state index contributed by atoms with van der Waals surface area (Å²) in [4.78, 5) is 13.8. The summed E-state index contributed by atoms with van der Waals surface area (Å²) in [6, 6.07) is 0. The fraction of sp³-hybridized carbons (Fsp3) is 0.636. The van der Waals surface area contributed by atoms with Gasteiger partial charge in [-0.05, 0) is 6.42 Å². The topological polar surface area (TPSA) is 78.5 Å². The van der Waals surface area contributed by atoms with Crippen LogP contribution in [0.4, 0.5) is 0 Å². The van der Waals surface area contributed by atoms with Gasteiger partial charge >= 0.3 is 0 Å². The van der Waals surface area contributed by atoms with E-state index in [-0.39, 0.29) is 0 Å². The third-order valence-electron chi connectivity index (χ3n) is 2.43. The van der Waals surface area contributed by atoms with E-state index < -0.39 is 6.29 Å². The monoisotopic (exact) mass is 252 g/mol. The predicted octanol–water partition coefficient (Wildman–Crippen LogP) is -0.270. The molecule has 7 nitrogen and oxygen atoms in total. The van der Waals surface area contributed by atoms with Gasteiger partial charge in [0.2, 0.25) is 12.2 Å². The van der Waals surface area contributed by atoms with E-state index in [2.05, 4.69) is 28.1 Å². The first-order valence-corrected chi connectivity index (χ1v) is 5.77. The zero-order chi connectivity index (χ0) is 13.5. The average Bonchev–Trinajstić information content (AvgIpc) is 2.38. The van der Waals surface area contributed by atoms with Gasteiger partial charge in [-0.1, -0.05) is 12.8 Å². The average molecular weight is 252 g/mol. The summed E-state index contributed by atoms with van der Waals surface area (Å²) in [7, 11) is 3.29. The second-order valence-electron chi connectivity index (χ2n) is 3.77. The second kappa shape index (κ2) is 6.96. The molecule has 1 atom stereocenters. The van der Waals surface area contributed by atoms with Gasteiger partial charge in [-0.3, -0.25) is 9.85 Å². The van der Waals surface area contributed by atoms with E-state index in [1.165, 1.54) is 10.1 Å². The lowest BCUT2D eigenvalue weighted by Crippen LogP contribution is -2.55. The van der Waals surface area contributed by atoms with Crippen molar-refractivity contribution in [3.8, 4) is 12.3 Å². The minimum Gasteiger partial charge on any atom is -0.354 e. The maximum atomic E-state index is 5.93. The third-order valence-corrected chi connectivity index (χ3v) is 2.43. The normalized spacial score (nSPS) is 19.3. The Kier molecular flexibility index (Phi) is 5.58. The van der Waals surface area contributed by atoms with Gasteiger partial charge < -0.3 is 5.32 Å². The summed E-state index contributed by atoms with van der Waals surface area (Å²) >= 11 is 0. The summed E-state index contributed by atoms with van der Waals surface area (Å²) < 4.78 is 0. The van der Waals surface area contributed by atoms with Crippen LogP contribution in [0.25, 0.3) is 0 Å². The number of hydrazine groups is 1. The number of terminal acetylenes is 1. The molecule has 1 aliphatic rings. The minimum absolute atomic E-state index is 0.345. The van der Waals surface area contributed by atoms with E-state index in [0.29, 0.717) is 18.2 Å². The zero-order valence-electron chi connectivity index (χ0n) is 11.1. The smallest absolute Gasteiger partial charge is 0.223 e. The molecule has 18 heavy (non-hydrogen) atoms. The van der Waals surface area contributed by atoms with Crippen molar-refractivity contribution in [2.45, 2.75) is 26.1 Å². The van der Waals surface area contributed by atoms with Crippen LogP contribution < -0.4 is 11.2 Å². The molecule has 0 fully saturated rings. The Morgan fingerprint density at radius 1 is 1.67 bits per heavy atom. The van der Waals surface area contributed by atoms with Gasteiger partial charge in [0, 0.05) is 13.6 Å². The Morgan fingerprint density at radius 2 is 2.39 bits per heavy atom. The number of hydrogen-bond donors (Lipinski definition) is 2. The van der Waals surface area contributed by atoms with Crippen molar-refractivity contribution in [3.63, 3.8) is 0 Å². The van der Waals surface area contributed by atoms with Gasteiger partial charge in [-0.2, -0.15) is 4.99 Å². The van der Waals surface area contributed by atoms with Gasteiger partial charge in [0.15, 0.2) is 0 Å². The zero-order valence-corrected chi connectivity index (χ0v) is 11.1. The second-order valence-corrected chi connectivity index (χ2v) is 3.77. The van der Waals surface area contributed by atoms with Crippen molar-refractivity contribution in [2.75, 3.05) is 20.7 Å². The Bertz CT molecular complexity index is 372. The quantitative estimate of drug-likeness (QED) is 0.400. The van der Waals surface area contributed by atoms with Gasteiger partial charge in [0.25, 0.3) is 0 Å². The molecule has 100 valence electrons. The fourth-order valence-electron chi connectivity index (χ4n) is 1.41. The van der Waals surface area contributed by atoms with Crippen LogP contribution in [0.3, 0.4) is 0 Å². The minimum atomic E-state index is -0.477. The molecule has 0 bridgehead atoms. The first-order chi connectivity index (χ1) is 8.63. The molecule has 7 heteroatoms. The lowest BCUT2D eigenvalue weighted by atomic mass is 10.3. The standard InChI is InChI=1S/C11H20N6O/c1-5-7-9-14-10(13-8-6-2)15-11(17(9)12)16(3)18-4/h1,11H,6-8,12H2,2-4H3,(H,13,15). The highest BCUT2D eigenvalue weighted by atomic mass is 16.7. The van der Waals surface area contributed by atoms with E-state index in [4.69, 9.17) is 17.1 Å². The van der Waals surface area contributed by atoms with E-state index in [1.54, 1.807) is 14.2 Å². The highest BCUT2D eigenvalue weighted by molar-refractivity contribution is 5.98. The van der Waals surface area contributed by atoms with Gasteiger partial charge in [0.1, 0.15) is 5.84 Å². The van der Waals surface area contributed by atoms with Crippen molar-refractivity contribution >= 4 is 11.8 Å². The molecule has 1 aliphatic heterocycles. The Morgan fingerprint density at radius 3 is 2.94 bits per heavy atom. The molecule has 0 aromatic rings. The molecule has 0 amide bonds. The van der Waals surface area contributed by atoms with E-state index in [0.717, 1.165) is 13.0 Å². The Hall–Kier alpha value is -1.62. The molecule has 0 spiro atoms. The molecular formula is C11H20N6O. The number of aliphatic imine (C=N–C) groups is 2. The first kappa shape index (κ1) is 14.4. The number of nitrogens with one attached hydrogen (secondary N) is 1. The van der Waals surface area contributed by atoms with Crippen LogP contribution >= 0.6 is 0 Å². The van der Waals surface area contributed by atoms with Crippen LogP contribution in [0.1, 0.15) is 19.8 Å². The number of amidine groups is 1. The molecule has 0 aliphatic carbocycles. The summed E-state index contributed by atoms with van der Waals surface area (Å²) in [5.74, 6) is 9.56. The SMILES string of the molecule is C#CCC1=NC(NCCC)=NC(N(C)OC)N1N. The maximum absolute atomic E-state index is 5.93. The number of guanidine groups is 1. The van der Waals surface area contributed by atoms with Crippen LogP contribution in [0, 0.1) is 12.3 Å². The number of rotatable bonds is 5. The summed E-state index contributed by atoms with van der Waals surface area (Å²) in [6.07, 6.45) is 6.15. The van der Waals surface area contributed by atoms with Crippen molar-refractivity contribution in [2.24, 2.45) is 15.8 Å². The van der Waals surface area contributed by atoms with Crippen molar-refractivity contribution in [1.82, 2.24) is 15.4 Å². The molecule has 1 unspecified atom stereocenters. The fourth-order valence-corrected chi connectivity index (χ4v) is 1.41. The number of hydrogen-bond acceptors (Lipinski definition) is 7. The molecule has 0 saturated carbocycles. The predicted molar refractivity (Wildman–Crippen MR) is 71.2 cm³/mol. The van der Waals surface area contributed by atoms with Crippen LogP contribution in [0.2, 0.25) is 0 Å². The van der Waals surface area contributed by atoms with Gasteiger partial charge in [-0.15, -0.1) is 11.5 Å². The lowest BCUT2D eigenvalue weighted by molar-refractivity contribution is -0.167. The van der Waals surface area contributed by atoms with Gasteiger partial charge in [-0.25, -0.2) is 10.8 Å². The van der Waals surface area contributed by atoms with Crippen molar-refractivity contribution in [1.29, 1.82) is 0 Å². The summed E-state index contributed by atoms with van der Waals surface area (Å²) in [5, 5.41) is 6.05. The number of nitrogens with two attached hydrogens (primary N) is 1. The molecule has 0 aromatic heterocycles. The number of hydroxylamine groups is 2. The lowest BCUT2D eigenvalue weighted by Gasteiger charge is -2.34. The largest absolute Gasteiger partial charge is 0.354 e. The van der Waals surface area contributed by atoms with E-state index >= 15 is 0 Å². The molecule has 0 radical (unpaired) electrons. The molecule has 0 saturated heterocycles. The highest BCUT2D eigenvalue weighted by Crippen LogP contribution is 2.10. The Labute approximate surface area is 108 Å². The molecular weight excluding hydrogens is 232 g/mol. The molecule has 0 aromatic carbocycles.